The molecule has 1 aromatic carbocycles. The van der Waals surface area contributed by atoms with Crippen LogP contribution in [0.25, 0.3) is 0 Å². The summed E-state index contributed by atoms with van der Waals surface area (Å²) in [5.74, 6) is -0.0980. The van der Waals surface area contributed by atoms with Gasteiger partial charge in [-0.25, -0.2) is 0 Å². The first-order valence-corrected chi connectivity index (χ1v) is 7.79. The second kappa shape index (κ2) is 7.03. The molecule has 0 saturated carbocycles. The number of rotatable bonds is 0. The van der Waals surface area contributed by atoms with Crippen LogP contribution in [0.5, 0.6) is 5.75 Å². The Labute approximate surface area is 129 Å². The Morgan fingerprint density at radius 3 is 1.89 bits per heavy atom. The molecule has 0 amide bonds. The number of hydrogen-bond acceptors (Lipinski definition) is 2. The van der Waals surface area contributed by atoms with Gasteiger partial charge >= 0.3 is 0 Å². The van der Waals surface area contributed by atoms with Crippen LogP contribution in [0.4, 0.5) is 0 Å². The Hall–Kier alpha value is -0.150. The van der Waals surface area contributed by atoms with E-state index in [0.29, 0.717) is 5.02 Å². The Morgan fingerprint density at radius 2 is 1.47 bits per heavy atom. The first-order valence-electron chi connectivity index (χ1n) is 6.66. The van der Waals surface area contributed by atoms with Gasteiger partial charge in [0.05, 0.1) is 5.02 Å². The SMILES string of the molecule is C1CC2CCCC(C1)N2.Oc1cc(Cl)cc(Cl)c1Cl. The summed E-state index contributed by atoms with van der Waals surface area (Å²) >= 11 is 16.6. The van der Waals surface area contributed by atoms with Gasteiger partial charge in [0.25, 0.3) is 0 Å². The molecular weight excluding hydrogens is 305 g/mol. The number of phenolic OH excluding ortho intramolecular Hbond substituents is 1. The Morgan fingerprint density at radius 1 is 0.947 bits per heavy atom. The zero-order valence-electron chi connectivity index (χ0n) is 10.6. The van der Waals surface area contributed by atoms with Crippen LogP contribution in [-0.4, -0.2) is 17.2 Å². The molecule has 0 aliphatic carbocycles. The van der Waals surface area contributed by atoms with E-state index in [-0.39, 0.29) is 15.8 Å². The van der Waals surface area contributed by atoms with Crippen LogP contribution in [0.3, 0.4) is 0 Å². The summed E-state index contributed by atoms with van der Waals surface area (Å²) in [5, 5.41) is 13.4. The lowest BCUT2D eigenvalue weighted by molar-refractivity contribution is 0.243. The second-order valence-corrected chi connectivity index (χ2v) is 6.36. The standard InChI is InChI=1S/C8H15N.C6H3Cl3O/c1-3-7-5-2-6-8(4-1)9-7;7-3-1-4(8)6(9)5(10)2-3/h7-9H,1-6H2;1-2,10H. The summed E-state index contributed by atoms with van der Waals surface area (Å²) in [6.45, 7) is 0. The molecular formula is C14H18Cl3NO. The number of hydrogen-bond donors (Lipinski definition) is 2. The van der Waals surface area contributed by atoms with Crippen molar-refractivity contribution in [1.29, 1.82) is 0 Å². The molecule has 0 atom stereocenters. The van der Waals surface area contributed by atoms with Crippen molar-refractivity contribution in [2.75, 3.05) is 0 Å². The summed E-state index contributed by atoms with van der Waals surface area (Å²) in [6.07, 6.45) is 8.71. The van der Waals surface area contributed by atoms with Crippen molar-refractivity contribution in [3.05, 3.63) is 27.2 Å². The number of aromatic hydroxyl groups is 1. The number of fused-ring (bicyclic) bond motifs is 2. The summed E-state index contributed by atoms with van der Waals surface area (Å²) in [5.41, 5.74) is 0. The minimum absolute atomic E-state index is 0.0980. The molecule has 2 nitrogen and oxygen atoms in total. The third-order valence-electron chi connectivity index (χ3n) is 3.66. The van der Waals surface area contributed by atoms with Crippen molar-refractivity contribution < 1.29 is 5.11 Å². The number of benzene rings is 1. The van der Waals surface area contributed by atoms with Crippen molar-refractivity contribution in [3.8, 4) is 5.75 Å². The molecule has 2 heterocycles. The highest BCUT2D eigenvalue weighted by atomic mass is 35.5. The van der Waals surface area contributed by atoms with Gasteiger partial charge in [-0.3, -0.25) is 0 Å². The van der Waals surface area contributed by atoms with E-state index in [0.717, 1.165) is 12.1 Å². The topological polar surface area (TPSA) is 32.3 Å². The van der Waals surface area contributed by atoms with E-state index in [4.69, 9.17) is 39.9 Å². The smallest absolute Gasteiger partial charge is 0.137 e. The molecule has 2 aliphatic rings. The number of nitrogens with one attached hydrogen (secondary N) is 1. The van der Waals surface area contributed by atoms with Crippen molar-refractivity contribution in [3.63, 3.8) is 0 Å². The van der Waals surface area contributed by atoms with E-state index in [1.165, 1.54) is 50.7 Å². The van der Waals surface area contributed by atoms with Crippen molar-refractivity contribution in [1.82, 2.24) is 5.32 Å². The van der Waals surface area contributed by atoms with Crippen LogP contribution < -0.4 is 5.32 Å². The van der Waals surface area contributed by atoms with Gasteiger partial charge in [-0.15, -0.1) is 0 Å². The maximum atomic E-state index is 8.98. The van der Waals surface area contributed by atoms with Gasteiger partial charge in [0.2, 0.25) is 0 Å². The highest BCUT2D eigenvalue weighted by molar-refractivity contribution is 6.44. The van der Waals surface area contributed by atoms with Gasteiger partial charge < -0.3 is 10.4 Å². The third-order valence-corrected chi connectivity index (χ3v) is 4.67. The summed E-state index contributed by atoms with van der Waals surface area (Å²) in [6, 6.07) is 4.59. The summed E-state index contributed by atoms with van der Waals surface area (Å²) < 4.78 is 0. The molecule has 0 unspecified atom stereocenters. The highest BCUT2D eigenvalue weighted by Gasteiger charge is 2.24. The summed E-state index contributed by atoms with van der Waals surface area (Å²) in [4.78, 5) is 0. The van der Waals surface area contributed by atoms with Gasteiger partial charge in [-0.2, -0.15) is 0 Å². The van der Waals surface area contributed by atoms with Gasteiger partial charge in [-0.05, 0) is 31.7 Å². The fourth-order valence-electron chi connectivity index (χ4n) is 2.72. The van der Waals surface area contributed by atoms with Crippen LogP contribution in [0.1, 0.15) is 38.5 Å². The molecule has 106 valence electrons. The molecule has 2 N–H and O–H groups in total. The third kappa shape index (κ3) is 4.42. The first kappa shape index (κ1) is 15.2. The molecule has 1 aromatic rings. The molecule has 2 saturated heterocycles. The van der Waals surface area contributed by atoms with Gasteiger partial charge in [0.15, 0.2) is 0 Å². The molecule has 5 heteroatoms. The first-order chi connectivity index (χ1) is 9.06. The lowest BCUT2D eigenvalue weighted by Gasteiger charge is -2.35. The lowest BCUT2D eigenvalue weighted by atomic mass is 9.87. The van der Waals surface area contributed by atoms with E-state index in [1.807, 2.05) is 0 Å². The van der Waals surface area contributed by atoms with Crippen molar-refractivity contribution in [2.24, 2.45) is 0 Å². The predicted octanol–water partition coefficient (Wildman–Crippen LogP) is 5.03. The quantitative estimate of drug-likeness (QED) is 0.656. The largest absolute Gasteiger partial charge is 0.506 e. The zero-order chi connectivity index (χ0) is 13.8. The monoisotopic (exact) mass is 321 g/mol. The maximum absolute atomic E-state index is 8.98. The summed E-state index contributed by atoms with van der Waals surface area (Å²) in [7, 11) is 0. The molecule has 2 fully saturated rings. The molecule has 2 aliphatic heterocycles. The van der Waals surface area contributed by atoms with Crippen LogP contribution >= 0.6 is 34.8 Å². The Bertz CT molecular complexity index is 396. The highest BCUT2D eigenvalue weighted by Crippen LogP contribution is 2.33. The predicted molar refractivity (Wildman–Crippen MR) is 81.6 cm³/mol. The molecule has 2 bridgehead atoms. The minimum Gasteiger partial charge on any atom is -0.506 e. The number of halogens is 3. The molecule has 3 rings (SSSR count). The van der Waals surface area contributed by atoms with Crippen molar-refractivity contribution >= 4 is 34.8 Å². The van der Waals surface area contributed by atoms with Crippen LogP contribution in [-0.2, 0) is 0 Å². The molecule has 19 heavy (non-hydrogen) atoms. The van der Waals surface area contributed by atoms with Crippen LogP contribution in [0.15, 0.2) is 12.1 Å². The maximum Gasteiger partial charge on any atom is 0.137 e. The van der Waals surface area contributed by atoms with Crippen LogP contribution in [0.2, 0.25) is 15.1 Å². The van der Waals surface area contributed by atoms with E-state index >= 15 is 0 Å². The van der Waals surface area contributed by atoms with Crippen LogP contribution in [0, 0.1) is 0 Å². The van der Waals surface area contributed by atoms with E-state index < -0.39 is 0 Å². The number of phenols is 1. The average Bonchev–Trinajstić information content (AvgIpc) is 2.37. The van der Waals surface area contributed by atoms with Crippen molar-refractivity contribution in [2.45, 2.75) is 50.6 Å². The molecule has 0 radical (unpaired) electrons. The van der Waals surface area contributed by atoms with E-state index in [9.17, 15) is 0 Å². The van der Waals surface area contributed by atoms with Gasteiger partial charge in [-0.1, -0.05) is 47.6 Å². The fourth-order valence-corrected chi connectivity index (χ4v) is 3.31. The minimum atomic E-state index is -0.0980. The Balaban J connectivity index is 0.000000141. The normalized spacial score (nSPS) is 25.4. The zero-order valence-corrected chi connectivity index (χ0v) is 12.9. The van der Waals surface area contributed by atoms with Gasteiger partial charge in [0, 0.05) is 23.2 Å². The Kier molecular flexibility index (Phi) is 5.64. The van der Waals surface area contributed by atoms with E-state index in [2.05, 4.69) is 5.32 Å². The molecule has 0 spiro atoms. The lowest BCUT2D eigenvalue weighted by Crippen LogP contribution is -2.45. The fraction of sp³-hybridized carbons (Fsp3) is 0.571. The van der Waals surface area contributed by atoms with E-state index in [1.54, 1.807) is 0 Å². The molecule has 0 aromatic heterocycles. The number of piperidine rings is 2. The average molecular weight is 323 g/mol. The second-order valence-electron chi connectivity index (χ2n) is 5.14. The van der Waals surface area contributed by atoms with Gasteiger partial charge in [0.1, 0.15) is 10.8 Å².